The van der Waals surface area contributed by atoms with Crippen LogP contribution >= 0.6 is 15.9 Å². The maximum atomic E-state index is 11.4. The number of ether oxygens (including phenoxy) is 1. The molecule has 0 aromatic carbocycles. The van der Waals surface area contributed by atoms with E-state index in [4.69, 9.17) is 10.00 Å². The predicted molar refractivity (Wildman–Crippen MR) is 99.7 cm³/mol. The maximum Gasteiger partial charge on any atom is 0.313 e. The Kier molecular flexibility index (Phi) is 5.80. The van der Waals surface area contributed by atoms with Crippen LogP contribution in [0.5, 0.6) is 0 Å². The first kappa shape index (κ1) is 19.0. The van der Waals surface area contributed by atoms with Crippen molar-refractivity contribution in [3.05, 3.63) is 44.5 Å². The zero-order valence-electron chi connectivity index (χ0n) is 13.9. The molecule has 0 radical (unpaired) electrons. The van der Waals surface area contributed by atoms with E-state index in [1.54, 1.807) is 0 Å². The molecule has 0 saturated carbocycles. The van der Waals surface area contributed by atoms with Crippen molar-refractivity contribution < 1.29 is 14.8 Å². The number of halogens is 1. The van der Waals surface area contributed by atoms with Crippen LogP contribution < -0.4 is 10.6 Å². The number of nitrogens with one attached hydrogen (secondary N) is 2. The number of nitriles is 1. The molecule has 0 amide bonds. The summed E-state index contributed by atoms with van der Waals surface area (Å²) in [6.45, 7) is 0.775. The summed E-state index contributed by atoms with van der Waals surface area (Å²) in [5.74, 6) is 0.610. The highest BCUT2D eigenvalue weighted by molar-refractivity contribution is 9.10. The van der Waals surface area contributed by atoms with Crippen molar-refractivity contribution in [1.29, 1.82) is 5.26 Å². The lowest BCUT2D eigenvalue weighted by atomic mass is 10.1. The van der Waals surface area contributed by atoms with Crippen LogP contribution in [0.3, 0.4) is 0 Å². The highest BCUT2D eigenvalue weighted by Gasteiger charge is 2.26. The molecule has 1 aliphatic rings. The van der Waals surface area contributed by atoms with Crippen LogP contribution in [0.15, 0.2) is 28.9 Å². The average molecular weight is 435 g/mol. The van der Waals surface area contributed by atoms with Crippen LogP contribution in [0.1, 0.15) is 12.0 Å². The van der Waals surface area contributed by atoms with Crippen molar-refractivity contribution in [2.45, 2.75) is 18.6 Å². The maximum absolute atomic E-state index is 11.4. The molecule has 140 valence electrons. The molecule has 3 heterocycles. The third-order valence-corrected chi connectivity index (χ3v) is 4.54. The zero-order valence-corrected chi connectivity index (χ0v) is 15.5. The molecule has 1 aliphatic heterocycles. The first-order chi connectivity index (χ1) is 13.0. The monoisotopic (exact) mass is 434 g/mol. The molecule has 3 rings (SSSR count). The number of aliphatic hydroxyl groups excluding tert-OH is 1. The largest absolute Gasteiger partial charge is 0.391 e. The van der Waals surface area contributed by atoms with Crippen molar-refractivity contribution in [3.63, 3.8) is 0 Å². The van der Waals surface area contributed by atoms with Crippen molar-refractivity contribution in [2.75, 3.05) is 23.8 Å². The topological polar surface area (TPSA) is 146 Å². The van der Waals surface area contributed by atoms with Crippen LogP contribution in [-0.2, 0) is 4.74 Å². The van der Waals surface area contributed by atoms with Gasteiger partial charge < -0.3 is 20.5 Å². The lowest BCUT2D eigenvalue weighted by molar-refractivity contribution is -0.384. The van der Waals surface area contributed by atoms with Crippen molar-refractivity contribution in [3.8, 4) is 6.07 Å². The number of aliphatic hydroxyl groups is 1. The standard InChI is InChI=1S/C16H15BrN6O4/c17-10-5-12(23(25)26)16(21-14-2-1-9(6-18)7-19-14)22-15(10)20-11-8-27-4-3-13(11)24/h1-2,5,7,11,13,24H,3-4,8H2,(H2,19,20,21,22). The fourth-order valence-corrected chi connectivity index (χ4v) is 2.93. The minimum atomic E-state index is -0.612. The first-order valence-electron chi connectivity index (χ1n) is 7.98. The predicted octanol–water partition coefficient (Wildman–Crippen LogP) is 2.32. The molecule has 2 atom stereocenters. The molecular formula is C16H15BrN6O4. The Morgan fingerprint density at radius 3 is 2.89 bits per heavy atom. The van der Waals surface area contributed by atoms with E-state index in [9.17, 15) is 15.2 Å². The minimum absolute atomic E-state index is 0.0193. The van der Waals surface area contributed by atoms with Crippen molar-refractivity contribution in [2.24, 2.45) is 0 Å². The molecule has 10 nitrogen and oxygen atoms in total. The minimum Gasteiger partial charge on any atom is -0.391 e. The summed E-state index contributed by atoms with van der Waals surface area (Å²) < 4.78 is 5.73. The molecule has 11 heteroatoms. The van der Waals surface area contributed by atoms with Crippen LogP contribution in [0.2, 0.25) is 0 Å². The van der Waals surface area contributed by atoms with Crippen LogP contribution in [-0.4, -0.2) is 45.4 Å². The van der Waals surface area contributed by atoms with Crippen LogP contribution in [0.25, 0.3) is 0 Å². The van der Waals surface area contributed by atoms with Gasteiger partial charge in [-0.05, 0) is 34.5 Å². The molecule has 3 N–H and O–H groups in total. The molecule has 2 aromatic rings. The Labute approximate surface area is 162 Å². The molecule has 0 spiro atoms. The van der Waals surface area contributed by atoms with E-state index < -0.39 is 11.0 Å². The Morgan fingerprint density at radius 2 is 2.26 bits per heavy atom. The van der Waals surface area contributed by atoms with E-state index in [1.165, 1.54) is 24.4 Å². The van der Waals surface area contributed by atoms with Gasteiger partial charge in [0.2, 0.25) is 5.82 Å². The number of rotatable bonds is 5. The number of anilines is 3. The van der Waals surface area contributed by atoms with Crippen molar-refractivity contribution >= 4 is 39.1 Å². The summed E-state index contributed by atoms with van der Waals surface area (Å²) in [5, 5.41) is 36.1. The molecule has 2 aromatic heterocycles. The summed E-state index contributed by atoms with van der Waals surface area (Å²) in [6.07, 6.45) is 1.23. The summed E-state index contributed by atoms with van der Waals surface area (Å²) in [5.41, 5.74) is 0.117. The van der Waals surface area contributed by atoms with E-state index in [0.29, 0.717) is 41.3 Å². The Hall–Kier alpha value is -2.81. The molecule has 1 fully saturated rings. The number of nitrogens with zero attached hydrogens (tertiary/aromatic N) is 4. The fourth-order valence-electron chi connectivity index (χ4n) is 2.51. The molecule has 0 aliphatic carbocycles. The number of hydrogen-bond acceptors (Lipinski definition) is 9. The number of nitro groups is 1. The number of pyridine rings is 2. The molecule has 2 unspecified atom stereocenters. The van der Waals surface area contributed by atoms with Gasteiger partial charge in [0, 0.05) is 18.9 Å². The van der Waals surface area contributed by atoms with E-state index in [0.717, 1.165) is 0 Å². The van der Waals surface area contributed by atoms with Crippen LogP contribution in [0, 0.1) is 21.4 Å². The van der Waals surface area contributed by atoms with E-state index in [1.807, 2.05) is 6.07 Å². The third-order valence-electron chi connectivity index (χ3n) is 3.93. The Balaban J connectivity index is 1.90. The summed E-state index contributed by atoms with van der Waals surface area (Å²) >= 11 is 3.27. The lowest BCUT2D eigenvalue weighted by Gasteiger charge is -2.29. The second-order valence-corrected chi connectivity index (χ2v) is 6.65. The summed E-state index contributed by atoms with van der Waals surface area (Å²) in [4.78, 5) is 19.1. The van der Waals surface area contributed by atoms with E-state index in [-0.39, 0.29) is 17.5 Å². The SMILES string of the molecule is N#Cc1ccc(Nc2nc(NC3COCCC3O)c(Br)cc2[N+](=O)[O-])nc1. The highest BCUT2D eigenvalue weighted by Crippen LogP contribution is 2.33. The molecule has 1 saturated heterocycles. The second-order valence-electron chi connectivity index (χ2n) is 5.79. The third kappa shape index (κ3) is 4.48. The average Bonchev–Trinajstić information content (AvgIpc) is 2.66. The normalized spacial score (nSPS) is 19.1. The van der Waals surface area contributed by atoms with Gasteiger partial charge in [-0.2, -0.15) is 5.26 Å². The Bertz CT molecular complexity index is 886. The van der Waals surface area contributed by atoms with Gasteiger partial charge in [-0.25, -0.2) is 9.97 Å². The summed E-state index contributed by atoms with van der Waals surface area (Å²) in [7, 11) is 0. The lowest BCUT2D eigenvalue weighted by Crippen LogP contribution is -2.42. The zero-order chi connectivity index (χ0) is 19.4. The molecular weight excluding hydrogens is 420 g/mol. The van der Waals surface area contributed by atoms with Gasteiger partial charge in [-0.15, -0.1) is 0 Å². The highest BCUT2D eigenvalue weighted by atomic mass is 79.9. The van der Waals surface area contributed by atoms with Gasteiger partial charge in [0.1, 0.15) is 17.7 Å². The van der Waals surface area contributed by atoms with Gasteiger partial charge in [-0.1, -0.05) is 0 Å². The van der Waals surface area contributed by atoms with Gasteiger partial charge >= 0.3 is 5.69 Å². The van der Waals surface area contributed by atoms with E-state index >= 15 is 0 Å². The smallest absolute Gasteiger partial charge is 0.313 e. The molecule has 27 heavy (non-hydrogen) atoms. The summed E-state index contributed by atoms with van der Waals surface area (Å²) in [6, 6.07) is 5.94. The second kappa shape index (κ2) is 8.26. The van der Waals surface area contributed by atoms with E-state index in [2.05, 4.69) is 36.5 Å². The van der Waals surface area contributed by atoms with Crippen LogP contribution in [0.4, 0.5) is 23.1 Å². The van der Waals surface area contributed by atoms with Gasteiger partial charge in [0.15, 0.2) is 0 Å². The van der Waals surface area contributed by atoms with Gasteiger partial charge in [-0.3, -0.25) is 10.1 Å². The van der Waals surface area contributed by atoms with Gasteiger partial charge in [0.25, 0.3) is 0 Å². The first-order valence-corrected chi connectivity index (χ1v) is 8.77. The van der Waals surface area contributed by atoms with Gasteiger partial charge in [0.05, 0.1) is 33.7 Å². The Morgan fingerprint density at radius 1 is 1.44 bits per heavy atom. The molecule has 0 bridgehead atoms. The number of aromatic nitrogens is 2. The fraction of sp³-hybridized carbons (Fsp3) is 0.312. The quantitative estimate of drug-likeness (QED) is 0.476. The number of hydrogen-bond donors (Lipinski definition) is 3. The van der Waals surface area contributed by atoms with Crippen molar-refractivity contribution in [1.82, 2.24) is 9.97 Å².